The zero-order chi connectivity index (χ0) is 12.3. The first kappa shape index (κ1) is 11.7. The van der Waals surface area contributed by atoms with E-state index >= 15 is 0 Å². The molecule has 1 saturated heterocycles. The van der Waals surface area contributed by atoms with Gasteiger partial charge >= 0.3 is 0 Å². The van der Waals surface area contributed by atoms with Crippen LogP contribution >= 0.6 is 0 Å². The van der Waals surface area contributed by atoms with E-state index in [1.165, 1.54) is 0 Å². The van der Waals surface area contributed by atoms with Gasteiger partial charge < -0.3 is 15.4 Å². The van der Waals surface area contributed by atoms with Crippen LogP contribution in [0.25, 0.3) is 0 Å². The third-order valence-corrected chi connectivity index (χ3v) is 3.32. The van der Waals surface area contributed by atoms with Gasteiger partial charge in [0.05, 0.1) is 16.9 Å². The third-order valence-electron chi connectivity index (χ3n) is 3.32. The van der Waals surface area contributed by atoms with Crippen LogP contribution in [-0.2, 0) is 4.74 Å². The van der Waals surface area contributed by atoms with Crippen molar-refractivity contribution in [1.29, 1.82) is 5.26 Å². The molecule has 2 rings (SSSR count). The SMILES string of the molecule is CN(c1cccc(C#N)c1N)C1CCOCC1. The van der Waals surface area contributed by atoms with Crippen LogP contribution in [0.4, 0.5) is 11.4 Å². The first-order valence-corrected chi connectivity index (χ1v) is 5.83. The maximum absolute atomic E-state index is 8.97. The van der Waals surface area contributed by atoms with Crippen molar-refractivity contribution in [2.75, 3.05) is 30.9 Å². The van der Waals surface area contributed by atoms with Gasteiger partial charge in [-0.3, -0.25) is 0 Å². The highest BCUT2D eigenvalue weighted by Gasteiger charge is 2.20. The minimum Gasteiger partial charge on any atom is -0.396 e. The van der Waals surface area contributed by atoms with Crippen LogP contribution in [0.5, 0.6) is 0 Å². The summed E-state index contributed by atoms with van der Waals surface area (Å²) in [7, 11) is 2.03. The Morgan fingerprint density at radius 2 is 2.12 bits per heavy atom. The molecule has 1 aliphatic rings. The van der Waals surface area contributed by atoms with E-state index in [-0.39, 0.29) is 0 Å². The maximum atomic E-state index is 8.97. The van der Waals surface area contributed by atoms with Crippen molar-refractivity contribution in [3.8, 4) is 6.07 Å². The molecule has 17 heavy (non-hydrogen) atoms. The Morgan fingerprint density at radius 3 is 2.76 bits per heavy atom. The predicted molar refractivity (Wildman–Crippen MR) is 67.8 cm³/mol. The lowest BCUT2D eigenvalue weighted by atomic mass is 10.1. The van der Waals surface area contributed by atoms with E-state index in [0.29, 0.717) is 17.3 Å². The van der Waals surface area contributed by atoms with Crippen LogP contribution in [-0.4, -0.2) is 26.3 Å². The molecular weight excluding hydrogens is 214 g/mol. The van der Waals surface area contributed by atoms with E-state index in [2.05, 4.69) is 11.0 Å². The number of rotatable bonds is 2. The molecule has 1 fully saturated rings. The Hall–Kier alpha value is -1.73. The summed E-state index contributed by atoms with van der Waals surface area (Å²) in [5.74, 6) is 0. The van der Waals surface area contributed by atoms with Crippen molar-refractivity contribution < 1.29 is 4.74 Å². The molecule has 0 spiro atoms. The van der Waals surface area contributed by atoms with Crippen LogP contribution < -0.4 is 10.6 Å². The summed E-state index contributed by atoms with van der Waals surface area (Å²) in [6, 6.07) is 8.15. The Morgan fingerprint density at radius 1 is 1.41 bits per heavy atom. The Kier molecular flexibility index (Phi) is 3.50. The van der Waals surface area contributed by atoms with Gasteiger partial charge in [0.25, 0.3) is 0 Å². The molecule has 4 heteroatoms. The Balaban J connectivity index is 2.24. The average Bonchev–Trinajstić information content (AvgIpc) is 2.39. The highest BCUT2D eigenvalue weighted by Crippen LogP contribution is 2.29. The minimum absolute atomic E-state index is 0.444. The number of para-hydroxylation sites is 1. The fourth-order valence-electron chi connectivity index (χ4n) is 2.23. The van der Waals surface area contributed by atoms with Gasteiger partial charge in [0.1, 0.15) is 6.07 Å². The summed E-state index contributed by atoms with van der Waals surface area (Å²) in [4.78, 5) is 2.17. The molecule has 1 aliphatic heterocycles. The van der Waals surface area contributed by atoms with Gasteiger partial charge in [0.2, 0.25) is 0 Å². The summed E-state index contributed by atoms with van der Waals surface area (Å²) in [6.45, 7) is 1.60. The van der Waals surface area contributed by atoms with Gasteiger partial charge in [0.15, 0.2) is 0 Å². The van der Waals surface area contributed by atoms with E-state index in [1.54, 1.807) is 6.07 Å². The number of nitrogen functional groups attached to an aromatic ring is 1. The lowest BCUT2D eigenvalue weighted by Crippen LogP contribution is -2.37. The van der Waals surface area contributed by atoms with Gasteiger partial charge in [-0.2, -0.15) is 5.26 Å². The molecule has 0 radical (unpaired) electrons. The van der Waals surface area contributed by atoms with Gasteiger partial charge in [-0.25, -0.2) is 0 Å². The van der Waals surface area contributed by atoms with Crippen molar-refractivity contribution in [2.24, 2.45) is 0 Å². The highest BCUT2D eigenvalue weighted by molar-refractivity contribution is 5.74. The molecule has 0 unspecified atom stereocenters. The topological polar surface area (TPSA) is 62.3 Å². The molecule has 0 aromatic heterocycles. The predicted octanol–water partition coefficient (Wildman–Crippen LogP) is 1.76. The molecule has 1 heterocycles. The van der Waals surface area contributed by atoms with E-state index < -0.39 is 0 Å². The van der Waals surface area contributed by atoms with E-state index in [9.17, 15) is 0 Å². The normalized spacial score (nSPS) is 16.5. The molecule has 0 amide bonds. The molecule has 1 aromatic rings. The molecule has 0 saturated carbocycles. The van der Waals surface area contributed by atoms with Gasteiger partial charge in [-0.1, -0.05) is 6.07 Å². The third kappa shape index (κ3) is 2.34. The Bertz CT molecular complexity index is 433. The second-order valence-corrected chi connectivity index (χ2v) is 4.30. The summed E-state index contributed by atoms with van der Waals surface area (Å²) in [6.07, 6.45) is 2.01. The van der Waals surface area contributed by atoms with Crippen molar-refractivity contribution in [3.05, 3.63) is 23.8 Å². The zero-order valence-corrected chi connectivity index (χ0v) is 10.0. The lowest BCUT2D eigenvalue weighted by Gasteiger charge is -2.33. The quantitative estimate of drug-likeness (QED) is 0.788. The van der Waals surface area contributed by atoms with Gasteiger partial charge in [0, 0.05) is 26.3 Å². The maximum Gasteiger partial charge on any atom is 0.101 e. The molecule has 4 nitrogen and oxygen atoms in total. The molecule has 0 bridgehead atoms. The number of nitrogens with two attached hydrogens (primary N) is 1. The number of nitrogens with zero attached hydrogens (tertiary/aromatic N) is 2. The van der Waals surface area contributed by atoms with Gasteiger partial charge in [-0.15, -0.1) is 0 Å². The number of ether oxygens (including phenoxy) is 1. The first-order valence-electron chi connectivity index (χ1n) is 5.83. The summed E-state index contributed by atoms with van der Waals surface area (Å²) < 4.78 is 5.35. The zero-order valence-electron chi connectivity index (χ0n) is 10.0. The standard InChI is InChI=1S/C13H17N3O/c1-16(11-5-7-17-8-6-11)12-4-2-3-10(9-14)13(12)15/h2-4,11H,5-8,15H2,1H3. The lowest BCUT2D eigenvalue weighted by molar-refractivity contribution is 0.0855. The molecule has 1 aromatic carbocycles. The number of hydrogen-bond acceptors (Lipinski definition) is 4. The fraction of sp³-hybridized carbons (Fsp3) is 0.462. The first-order chi connectivity index (χ1) is 8.24. The summed E-state index contributed by atoms with van der Waals surface area (Å²) in [5, 5.41) is 8.97. The van der Waals surface area contributed by atoms with Crippen LogP contribution in [0.3, 0.4) is 0 Å². The fourth-order valence-corrected chi connectivity index (χ4v) is 2.23. The molecule has 2 N–H and O–H groups in total. The minimum atomic E-state index is 0.444. The Labute approximate surface area is 102 Å². The van der Waals surface area contributed by atoms with Crippen molar-refractivity contribution in [3.63, 3.8) is 0 Å². The highest BCUT2D eigenvalue weighted by atomic mass is 16.5. The largest absolute Gasteiger partial charge is 0.396 e. The van der Waals surface area contributed by atoms with E-state index in [0.717, 1.165) is 31.7 Å². The smallest absolute Gasteiger partial charge is 0.101 e. The van der Waals surface area contributed by atoms with Crippen LogP contribution in [0.15, 0.2) is 18.2 Å². The molecule has 90 valence electrons. The number of benzene rings is 1. The number of nitriles is 1. The molecule has 0 aliphatic carbocycles. The van der Waals surface area contributed by atoms with Gasteiger partial charge in [-0.05, 0) is 25.0 Å². The number of anilines is 2. The second-order valence-electron chi connectivity index (χ2n) is 4.30. The number of hydrogen-bond donors (Lipinski definition) is 1. The molecule has 0 atom stereocenters. The van der Waals surface area contributed by atoms with Crippen molar-refractivity contribution in [2.45, 2.75) is 18.9 Å². The van der Waals surface area contributed by atoms with Crippen molar-refractivity contribution in [1.82, 2.24) is 0 Å². The van der Waals surface area contributed by atoms with Crippen LogP contribution in [0, 0.1) is 11.3 Å². The van der Waals surface area contributed by atoms with E-state index in [4.69, 9.17) is 15.7 Å². The average molecular weight is 231 g/mol. The monoisotopic (exact) mass is 231 g/mol. The van der Waals surface area contributed by atoms with E-state index in [1.807, 2.05) is 19.2 Å². The second kappa shape index (κ2) is 5.07. The van der Waals surface area contributed by atoms with Crippen LogP contribution in [0.2, 0.25) is 0 Å². The molecular formula is C13H17N3O. The van der Waals surface area contributed by atoms with Crippen molar-refractivity contribution >= 4 is 11.4 Å². The van der Waals surface area contributed by atoms with Crippen LogP contribution in [0.1, 0.15) is 18.4 Å². The summed E-state index contributed by atoms with van der Waals surface area (Å²) in [5.41, 5.74) is 8.06. The summed E-state index contributed by atoms with van der Waals surface area (Å²) >= 11 is 0.